The third-order valence-electron chi connectivity index (χ3n) is 5.52. The molecule has 5 aromatic rings. The van der Waals surface area contributed by atoms with Gasteiger partial charge in [0, 0.05) is 9.50 Å². The number of halogens is 2. The number of imidazole rings is 1. The first-order valence-corrected chi connectivity index (χ1v) is 12.8. The fourth-order valence-electron chi connectivity index (χ4n) is 4.25. The number of nitrogens with zero attached hydrogens (tertiary/aromatic N) is 2. The van der Waals surface area contributed by atoms with Crippen LogP contribution in [0.3, 0.4) is 0 Å². The largest absolute Gasteiger partial charge is 0.345 e. The zero-order valence-corrected chi connectivity index (χ0v) is 19.4. The van der Waals surface area contributed by atoms with Crippen molar-refractivity contribution >= 4 is 62.4 Å². The summed E-state index contributed by atoms with van der Waals surface area (Å²) in [6, 6.07) is 36.0. The molecule has 5 rings (SSSR count). The van der Waals surface area contributed by atoms with Crippen molar-refractivity contribution in [3.8, 4) is 0 Å². The summed E-state index contributed by atoms with van der Waals surface area (Å²) in [4.78, 5) is 4.76. The molecular formula is C25H18BrClN2Si. The molecule has 0 saturated carbocycles. The van der Waals surface area contributed by atoms with Crippen molar-refractivity contribution in [2.45, 2.75) is 0 Å². The van der Waals surface area contributed by atoms with Gasteiger partial charge in [0.2, 0.25) is 0 Å². The van der Waals surface area contributed by atoms with Crippen LogP contribution in [0.25, 0.3) is 11.0 Å². The molecule has 0 radical (unpaired) electrons. The van der Waals surface area contributed by atoms with E-state index in [9.17, 15) is 0 Å². The quantitative estimate of drug-likeness (QED) is 0.257. The van der Waals surface area contributed by atoms with Crippen LogP contribution in [0.5, 0.6) is 0 Å². The van der Waals surface area contributed by atoms with E-state index >= 15 is 0 Å². The number of hydrogen-bond donors (Lipinski definition) is 0. The molecule has 146 valence electrons. The highest BCUT2D eigenvalue weighted by molar-refractivity contribution is 9.10. The van der Waals surface area contributed by atoms with Crippen LogP contribution in [0.2, 0.25) is 5.02 Å². The summed E-state index contributed by atoms with van der Waals surface area (Å²) < 4.78 is 3.41. The molecule has 0 unspecified atom stereocenters. The summed E-state index contributed by atoms with van der Waals surface area (Å²) in [5.74, 6) is 0. The number of rotatable bonds is 4. The summed E-state index contributed by atoms with van der Waals surface area (Å²) in [5, 5.41) is 4.50. The Bertz CT molecular complexity index is 1280. The first-order valence-electron chi connectivity index (χ1n) is 9.70. The Balaban J connectivity index is 1.99. The Labute approximate surface area is 190 Å². The lowest BCUT2D eigenvalue weighted by atomic mass is 10.3. The van der Waals surface area contributed by atoms with Gasteiger partial charge in [-0.05, 0) is 39.8 Å². The van der Waals surface area contributed by atoms with Gasteiger partial charge in [0.1, 0.15) is 0 Å². The van der Waals surface area contributed by atoms with Gasteiger partial charge in [-0.2, -0.15) is 0 Å². The molecule has 1 heterocycles. The van der Waals surface area contributed by atoms with Crippen LogP contribution in [0.4, 0.5) is 0 Å². The minimum absolute atomic E-state index is 0.713. The fourth-order valence-corrected chi connectivity index (χ4v) is 10.4. The zero-order chi connectivity index (χ0) is 20.6. The lowest BCUT2D eigenvalue weighted by Crippen LogP contribution is -2.72. The topological polar surface area (TPSA) is 17.8 Å². The molecule has 0 spiro atoms. The van der Waals surface area contributed by atoms with Crippen LogP contribution < -0.4 is 15.6 Å². The van der Waals surface area contributed by atoms with E-state index in [1.165, 1.54) is 15.6 Å². The van der Waals surface area contributed by atoms with Gasteiger partial charge in [0.25, 0.3) is 8.24 Å². The average Bonchev–Trinajstić information content (AvgIpc) is 3.22. The predicted molar refractivity (Wildman–Crippen MR) is 132 cm³/mol. The normalized spacial score (nSPS) is 11.7. The van der Waals surface area contributed by atoms with E-state index in [-0.39, 0.29) is 0 Å². The Morgan fingerprint density at radius 2 is 1.33 bits per heavy atom. The summed E-state index contributed by atoms with van der Waals surface area (Å²) in [6.07, 6.45) is 2.00. The van der Waals surface area contributed by atoms with Gasteiger partial charge in [-0.15, -0.1) is 0 Å². The molecule has 0 aliphatic rings. The maximum Gasteiger partial charge on any atom is 0.259 e. The first-order chi connectivity index (χ1) is 14.7. The number of para-hydroxylation sites is 2. The van der Waals surface area contributed by atoms with E-state index in [0.29, 0.717) is 5.02 Å². The molecule has 0 N–H and O–H groups in total. The predicted octanol–water partition coefficient (Wildman–Crippen LogP) is 4.97. The molecule has 0 saturated heterocycles. The second-order valence-corrected chi connectivity index (χ2v) is 12.1. The molecule has 0 fully saturated rings. The molecule has 0 amide bonds. The Hall–Kier alpha value is -2.66. The van der Waals surface area contributed by atoms with Gasteiger partial charge in [0.05, 0.1) is 17.4 Å². The highest BCUT2D eigenvalue weighted by Crippen LogP contribution is 2.23. The number of fused-ring (bicyclic) bond motifs is 1. The van der Waals surface area contributed by atoms with Crippen LogP contribution in [0, 0.1) is 0 Å². The third kappa shape index (κ3) is 3.03. The molecule has 30 heavy (non-hydrogen) atoms. The van der Waals surface area contributed by atoms with E-state index in [2.05, 4.69) is 105 Å². The van der Waals surface area contributed by atoms with Crippen molar-refractivity contribution in [1.29, 1.82) is 0 Å². The van der Waals surface area contributed by atoms with E-state index in [4.69, 9.17) is 16.6 Å². The van der Waals surface area contributed by atoms with E-state index in [1.54, 1.807) is 0 Å². The minimum Gasteiger partial charge on any atom is -0.345 e. The lowest BCUT2D eigenvalue weighted by molar-refractivity contribution is 1.19. The monoisotopic (exact) mass is 488 g/mol. The van der Waals surface area contributed by atoms with Crippen LogP contribution in [0.1, 0.15) is 0 Å². The fraction of sp³-hybridized carbons (Fsp3) is 0. The van der Waals surface area contributed by atoms with Crippen molar-refractivity contribution in [3.05, 3.63) is 119 Å². The van der Waals surface area contributed by atoms with E-state index in [0.717, 1.165) is 15.5 Å². The Morgan fingerprint density at radius 1 is 0.733 bits per heavy atom. The van der Waals surface area contributed by atoms with Gasteiger partial charge in [0.15, 0.2) is 0 Å². The van der Waals surface area contributed by atoms with Crippen molar-refractivity contribution in [3.63, 3.8) is 0 Å². The SMILES string of the molecule is Clc1ccc([Si](c2ccccc2)(c2ccccc2)n2cnc3ccccc32)c(Br)c1. The van der Waals surface area contributed by atoms with Gasteiger partial charge in [-0.25, -0.2) is 4.98 Å². The zero-order valence-electron chi connectivity index (χ0n) is 16.0. The second kappa shape index (κ2) is 7.87. The molecule has 5 heteroatoms. The molecule has 2 nitrogen and oxygen atoms in total. The van der Waals surface area contributed by atoms with Gasteiger partial charge in [-0.3, -0.25) is 0 Å². The Kier molecular flexibility index (Phi) is 5.07. The molecule has 1 aromatic heterocycles. The highest BCUT2D eigenvalue weighted by atomic mass is 79.9. The molecule has 0 aliphatic heterocycles. The number of hydrogen-bond acceptors (Lipinski definition) is 1. The summed E-state index contributed by atoms with van der Waals surface area (Å²) in [5.41, 5.74) is 2.12. The number of aromatic nitrogens is 2. The van der Waals surface area contributed by atoms with Crippen molar-refractivity contribution in [1.82, 2.24) is 9.22 Å². The molecule has 0 atom stereocenters. The summed E-state index contributed by atoms with van der Waals surface area (Å²) in [7, 11) is -2.73. The smallest absolute Gasteiger partial charge is 0.259 e. The van der Waals surface area contributed by atoms with Crippen molar-refractivity contribution in [2.24, 2.45) is 0 Å². The summed E-state index contributed by atoms with van der Waals surface area (Å²) in [6.45, 7) is 0. The maximum atomic E-state index is 6.35. The van der Waals surface area contributed by atoms with E-state index in [1.807, 2.05) is 24.5 Å². The second-order valence-electron chi connectivity index (χ2n) is 7.17. The van der Waals surface area contributed by atoms with Gasteiger partial charge < -0.3 is 4.23 Å². The van der Waals surface area contributed by atoms with Gasteiger partial charge >= 0.3 is 0 Å². The number of benzene rings is 4. The first kappa shape index (κ1) is 19.3. The van der Waals surface area contributed by atoms with Gasteiger partial charge in [-0.1, -0.05) is 106 Å². The molecule has 0 bridgehead atoms. The standard InChI is InChI=1S/C25H18BrClN2Si/c26-22-17-19(27)15-16-25(22)30(20-9-3-1-4-10-20,21-11-5-2-6-12-21)29-18-28-23-13-7-8-14-24(23)29/h1-18H. The van der Waals surface area contributed by atoms with Crippen LogP contribution in [-0.4, -0.2) is 17.5 Å². The van der Waals surface area contributed by atoms with Crippen LogP contribution in [-0.2, 0) is 0 Å². The molecule has 0 aliphatic carbocycles. The van der Waals surface area contributed by atoms with Crippen molar-refractivity contribution < 1.29 is 0 Å². The molecular weight excluding hydrogens is 472 g/mol. The average molecular weight is 490 g/mol. The highest BCUT2D eigenvalue weighted by Gasteiger charge is 2.44. The maximum absolute atomic E-state index is 6.35. The van der Waals surface area contributed by atoms with Crippen LogP contribution >= 0.6 is 27.5 Å². The van der Waals surface area contributed by atoms with E-state index < -0.39 is 8.24 Å². The summed E-state index contributed by atoms with van der Waals surface area (Å²) >= 11 is 10.2. The third-order valence-corrected chi connectivity index (χ3v) is 11.4. The molecule has 4 aromatic carbocycles. The minimum atomic E-state index is -2.73. The Morgan fingerprint density at radius 3 is 1.97 bits per heavy atom. The van der Waals surface area contributed by atoms with Crippen LogP contribution in [0.15, 0.2) is 114 Å². The van der Waals surface area contributed by atoms with Crippen molar-refractivity contribution in [2.75, 3.05) is 0 Å². The lowest BCUT2D eigenvalue weighted by Gasteiger charge is -2.35.